The summed E-state index contributed by atoms with van der Waals surface area (Å²) >= 11 is 0. The first-order chi connectivity index (χ1) is 46.5. The highest BCUT2D eigenvalue weighted by Crippen LogP contribution is 2.21. The van der Waals surface area contributed by atoms with E-state index in [0.29, 0.717) is 19.4 Å². The lowest BCUT2D eigenvalue weighted by atomic mass is 10.0. The van der Waals surface area contributed by atoms with Crippen LogP contribution in [0.2, 0.25) is 0 Å². The van der Waals surface area contributed by atoms with E-state index in [1.54, 1.807) is 6.08 Å². The summed E-state index contributed by atoms with van der Waals surface area (Å²) in [6.07, 6.45) is 109. The van der Waals surface area contributed by atoms with Crippen LogP contribution in [0.15, 0.2) is 24.3 Å². The Morgan fingerprint density at radius 2 is 0.500 bits per heavy atom. The van der Waals surface area contributed by atoms with E-state index in [0.717, 1.165) is 38.5 Å². The second kappa shape index (κ2) is 83.8. The predicted molar refractivity (Wildman–Crippen MR) is 417 cm³/mol. The van der Waals surface area contributed by atoms with Crippen LogP contribution >= 0.6 is 0 Å². The van der Waals surface area contributed by atoms with Crippen LogP contribution in [0.1, 0.15) is 502 Å². The Morgan fingerprint density at radius 1 is 0.287 bits per heavy atom. The average molecular weight is 1320 g/mol. The van der Waals surface area contributed by atoms with Crippen molar-refractivity contribution < 1.29 is 24.5 Å². The third-order valence-corrected chi connectivity index (χ3v) is 20.7. The number of aliphatic hydroxyl groups excluding tert-OH is 2. The molecule has 0 fully saturated rings. The molecule has 0 bridgehead atoms. The quantitative estimate of drug-likeness (QED) is 0.0320. The van der Waals surface area contributed by atoms with Gasteiger partial charge in [0.25, 0.3) is 0 Å². The molecule has 3 N–H and O–H groups in total. The minimum Gasteiger partial charge on any atom is -0.466 e. The van der Waals surface area contributed by atoms with Crippen molar-refractivity contribution in [3.63, 3.8) is 0 Å². The summed E-state index contributed by atoms with van der Waals surface area (Å²) in [5, 5.41) is 23.3. The summed E-state index contributed by atoms with van der Waals surface area (Å²) in [6, 6.07) is -0.626. The molecule has 0 aliphatic heterocycles. The average Bonchev–Trinajstić information content (AvgIpc) is 2.94. The summed E-state index contributed by atoms with van der Waals surface area (Å²) in [7, 11) is 0. The number of hydrogen-bond acceptors (Lipinski definition) is 5. The van der Waals surface area contributed by atoms with Crippen LogP contribution in [-0.2, 0) is 14.3 Å². The number of carbonyl (C=O) groups excluding carboxylic acids is 2. The van der Waals surface area contributed by atoms with Crippen LogP contribution in [0, 0.1) is 0 Å². The van der Waals surface area contributed by atoms with Gasteiger partial charge in [0.05, 0.1) is 25.4 Å². The lowest BCUT2D eigenvalue weighted by Crippen LogP contribution is -2.45. The van der Waals surface area contributed by atoms with Crippen molar-refractivity contribution in [1.82, 2.24) is 5.32 Å². The lowest BCUT2D eigenvalue weighted by molar-refractivity contribution is -0.143. The molecule has 0 radical (unpaired) electrons. The number of ether oxygens (including phenoxy) is 1. The van der Waals surface area contributed by atoms with Crippen LogP contribution in [0.4, 0.5) is 0 Å². The Hall–Kier alpha value is -1.66. The lowest BCUT2D eigenvalue weighted by Gasteiger charge is -2.20. The van der Waals surface area contributed by atoms with E-state index < -0.39 is 12.1 Å². The van der Waals surface area contributed by atoms with Gasteiger partial charge in [-0.2, -0.15) is 0 Å². The van der Waals surface area contributed by atoms with Gasteiger partial charge in [0.1, 0.15) is 0 Å². The minimum absolute atomic E-state index is 0.0257. The predicted octanol–water partition coefficient (Wildman–Crippen LogP) is 29.2. The molecule has 0 aromatic rings. The van der Waals surface area contributed by atoms with Crippen molar-refractivity contribution in [1.29, 1.82) is 0 Å². The number of allylic oxidation sites excluding steroid dienone is 3. The van der Waals surface area contributed by atoms with Crippen molar-refractivity contribution in [2.75, 3.05) is 13.2 Å². The van der Waals surface area contributed by atoms with E-state index in [4.69, 9.17) is 4.74 Å². The molecule has 0 saturated carbocycles. The fraction of sp³-hybridized carbons (Fsp3) is 0.932. The van der Waals surface area contributed by atoms with E-state index in [2.05, 4.69) is 31.3 Å². The third-order valence-electron chi connectivity index (χ3n) is 20.7. The Morgan fingerprint density at radius 3 is 0.755 bits per heavy atom. The topological polar surface area (TPSA) is 95.9 Å². The van der Waals surface area contributed by atoms with Gasteiger partial charge in [-0.1, -0.05) is 456 Å². The van der Waals surface area contributed by atoms with Crippen LogP contribution < -0.4 is 5.32 Å². The van der Waals surface area contributed by atoms with Crippen molar-refractivity contribution >= 4 is 11.9 Å². The summed E-state index contributed by atoms with van der Waals surface area (Å²) < 4.78 is 5.51. The van der Waals surface area contributed by atoms with Crippen LogP contribution in [0.25, 0.3) is 0 Å². The molecule has 0 aromatic carbocycles. The maximum Gasteiger partial charge on any atom is 0.305 e. The maximum atomic E-state index is 12.6. The molecule has 0 aliphatic carbocycles. The van der Waals surface area contributed by atoms with Gasteiger partial charge in [0, 0.05) is 12.8 Å². The van der Waals surface area contributed by atoms with Crippen molar-refractivity contribution in [2.45, 2.75) is 514 Å². The van der Waals surface area contributed by atoms with E-state index in [1.165, 1.54) is 437 Å². The fourth-order valence-corrected chi connectivity index (χ4v) is 14.1. The summed E-state index contributed by atoms with van der Waals surface area (Å²) in [6.45, 7) is 4.97. The highest BCUT2D eigenvalue weighted by Gasteiger charge is 2.18. The number of esters is 1. The van der Waals surface area contributed by atoms with Crippen molar-refractivity contribution in [3.05, 3.63) is 24.3 Å². The molecular weight excluding hydrogens is 1150 g/mol. The number of amides is 1. The van der Waals surface area contributed by atoms with Crippen LogP contribution in [0.3, 0.4) is 0 Å². The smallest absolute Gasteiger partial charge is 0.305 e. The van der Waals surface area contributed by atoms with Gasteiger partial charge in [-0.25, -0.2) is 0 Å². The van der Waals surface area contributed by atoms with Gasteiger partial charge in [0.15, 0.2) is 0 Å². The monoisotopic (exact) mass is 1320 g/mol. The molecule has 6 heteroatoms. The number of rotatable bonds is 83. The molecule has 0 rings (SSSR count). The molecule has 1 amide bonds. The van der Waals surface area contributed by atoms with Crippen LogP contribution in [0.5, 0.6) is 0 Å². The molecule has 0 heterocycles. The summed E-state index contributed by atoms with van der Waals surface area (Å²) in [5.74, 6) is -0.0321. The normalized spacial score (nSPS) is 12.5. The molecule has 0 spiro atoms. The van der Waals surface area contributed by atoms with Crippen LogP contribution in [-0.4, -0.2) is 47.4 Å². The minimum atomic E-state index is -0.843. The van der Waals surface area contributed by atoms with Gasteiger partial charge in [-0.3, -0.25) is 9.59 Å². The van der Waals surface area contributed by atoms with E-state index in [1.807, 2.05) is 6.08 Å². The summed E-state index contributed by atoms with van der Waals surface area (Å²) in [5.41, 5.74) is 0. The third kappa shape index (κ3) is 79.3. The number of nitrogens with one attached hydrogen (secondary N) is 1. The van der Waals surface area contributed by atoms with Gasteiger partial charge in [-0.05, 0) is 57.8 Å². The highest BCUT2D eigenvalue weighted by molar-refractivity contribution is 5.76. The molecule has 2 atom stereocenters. The van der Waals surface area contributed by atoms with E-state index in [-0.39, 0.29) is 18.5 Å². The molecule has 0 aromatic heterocycles. The molecular formula is C88H171NO5. The second-order valence-corrected chi connectivity index (χ2v) is 30.2. The van der Waals surface area contributed by atoms with E-state index in [9.17, 15) is 19.8 Å². The summed E-state index contributed by atoms with van der Waals surface area (Å²) in [4.78, 5) is 24.7. The Kier molecular flexibility index (Phi) is 82.3. The zero-order valence-corrected chi connectivity index (χ0v) is 64.2. The first-order valence-corrected chi connectivity index (χ1v) is 43.6. The number of aliphatic hydroxyl groups is 2. The number of carbonyl (C=O) groups is 2. The standard InChI is InChI=1S/C88H171NO5/c1-3-5-7-9-11-13-15-17-19-20-21-22-23-41-44-47-50-53-56-60-64-68-72-76-80-86(91)85(84-90)89-87(92)81-77-73-69-65-61-57-54-51-48-45-42-39-37-35-33-31-29-27-25-24-26-28-30-32-34-36-38-40-43-46-49-52-55-59-63-67-71-75-79-83-94-88(93)82-78-74-70-66-62-58-18-16-14-12-10-8-6-4-2/h24-25,76,80,85-86,90-91H,3-23,26-75,77-79,81-84H2,1-2H3,(H,89,92)/b25-24-,80-76+. The molecule has 0 aliphatic rings. The molecule has 6 nitrogen and oxygen atoms in total. The van der Waals surface area contributed by atoms with Gasteiger partial charge >= 0.3 is 5.97 Å². The molecule has 0 saturated heterocycles. The second-order valence-electron chi connectivity index (χ2n) is 30.2. The van der Waals surface area contributed by atoms with Gasteiger partial charge in [0.2, 0.25) is 5.91 Å². The zero-order chi connectivity index (χ0) is 67.7. The zero-order valence-electron chi connectivity index (χ0n) is 64.2. The van der Waals surface area contributed by atoms with Crippen molar-refractivity contribution in [3.8, 4) is 0 Å². The first-order valence-electron chi connectivity index (χ1n) is 43.6. The maximum absolute atomic E-state index is 12.6. The highest BCUT2D eigenvalue weighted by atomic mass is 16.5. The number of hydrogen-bond donors (Lipinski definition) is 3. The fourth-order valence-electron chi connectivity index (χ4n) is 14.1. The molecule has 94 heavy (non-hydrogen) atoms. The Bertz CT molecular complexity index is 1480. The molecule has 2 unspecified atom stereocenters. The van der Waals surface area contributed by atoms with Crippen molar-refractivity contribution in [2.24, 2.45) is 0 Å². The largest absolute Gasteiger partial charge is 0.466 e. The van der Waals surface area contributed by atoms with Gasteiger partial charge in [-0.15, -0.1) is 0 Å². The molecule has 558 valence electrons. The SMILES string of the molecule is CCCCCCCCCCCCCCCCCCCCCCCC/C=C/C(O)C(CO)NC(=O)CCCCCCCCCCCCCCCCCCC/C=C\CCCCCCCCCCCCCCCCCCCCOC(=O)CCCCCCCCCCCCCCCC. The first kappa shape index (κ1) is 92.3. The van der Waals surface area contributed by atoms with Gasteiger partial charge < -0.3 is 20.3 Å². The number of unbranched alkanes of at least 4 members (excludes halogenated alkanes) is 70. The van der Waals surface area contributed by atoms with E-state index >= 15 is 0 Å². The Labute approximate surface area is 590 Å². The Balaban J connectivity index is 3.34.